The van der Waals surface area contributed by atoms with Gasteiger partial charge in [0.25, 0.3) is 11.8 Å². The van der Waals surface area contributed by atoms with Gasteiger partial charge in [0.15, 0.2) is 5.69 Å². The SMILES string of the molecule is Cc1cc(=O)c(C(=O)N2CCC(CNC(=O)c3ccoc3)CC2)n[nH]1. The smallest absolute Gasteiger partial charge is 0.278 e. The average molecular weight is 344 g/mol. The Labute approximate surface area is 144 Å². The van der Waals surface area contributed by atoms with Crippen molar-refractivity contribution in [3.8, 4) is 0 Å². The number of H-pyrrole nitrogens is 1. The molecule has 2 aromatic rings. The number of aromatic nitrogens is 2. The molecular weight excluding hydrogens is 324 g/mol. The van der Waals surface area contributed by atoms with Crippen LogP contribution in [0, 0.1) is 12.8 Å². The number of hydrogen-bond acceptors (Lipinski definition) is 5. The molecule has 0 aliphatic carbocycles. The fourth-order valence-corrected chi connectivity index (χ4v) is 2.87. The fraction of sp³-hybridized carbons (Fsp3) is 0.412. The van der Waals surface area contributed by atoms with Gasteiger partial charge in [0.05, 0.1) is 11.8 Å². The predicted octanol–water partition coefficient (Wildman–Crippen LogP) is 0.954. The summed E-state index contributed by atoms with van der Waals surface area (Å²) in [5.74, 6) is -0.214. The number of aromatic amines is 1. The number of likely N-dealkylation sites (tertiary alicyclic amines) is 1. The summed E-state index contributed by atoms with van der Waals surface area (Å²) in [6.07, 6.45) is 4.39. The molecule has 1 saturated heterocycles. The van der Waals surface area contributed by atoms with Crippen LogP contribution in [0.3, 0.4) is 0 Å². The van der Waals surface area contributed by atoms with Crippen LogP contribution in [0.1, 0.15) is 39.4 Å². The van der Waals surface area contributed by atoms with E-state index in [1.165, 1.54) is 18.6 Å². The van der Waals surface area contributed by atoms with Crippen LogP contribution in [0.4, 0.5) is 0 Å². The molecule has 8 nitrogen and oxygen atoms in total. The van der Waals surface area contributed by atoms with Gasteiger partial charge in [-0.3, -0.25) is 19.5 Å². The highest BCUT2D eigenvalue weighted by Crippen LogP contribution is 2.17. The van der Waals surface area contributed by atoms with Gasteiger partial charge in [0, 0.05) is 31.4 Å². The molecule has 3 heterocycles. The van der Waals surface area contributed by atoms with Crippen molar-refractivity contribution in [3.63, 3.8) is 0 Å². The highest BCUT2D eigenvalue weighted by Gasteiger charge is 2.26. The molecule has 0 unspecified atom stereocenters. The van der Waals surface area contributed by atoms with Gasteiger partial charge in [0.2, 0.25) is 5.43 Å². The molecule has 1 aliphatic heterocycles. The molecule has 2 N–H and O–H groups in total. The molecule has 0 aromatic carbocycles. The number of nitrogens with zero attached hydrogens (tertiary/aromatic N) is 2. The molecule has 0 saturated carbocycles. The lowest BCUT2D eigenvalue weighted by molar-refractivity contribution is 0.0676. The highest BCUT2D eigenvalue weighted by atomic mass is 16.3. The molecule has 1 aliphatic rings. The lowest BCUT2D eigenvalue weighted by atomic mass is 9.96. The molecule has 3 rings (SSSR count). The van der Waals surface area contributed by atoms with Gasteiger partial charge in [0.1, 0.15) is 6.26 Å². The number of carbonyl (C=O) groups is 2. The van der Waals surface area contributed by atoms with Crippen molar-refractivity contribution in [1.82, 2.24) is 20.4 Å². The van der Waals surface area contributed by atoms with Crippen molar-refractivity contribution in [1.29, 1.82) is 0 Å². The number of nitrogens with one attached hydrogen (secondary N) is 2. The zero-order valence-electron chi connectivity index (χ0n) is 13.9. The van der Waals surface area contributed by atoms with Crippen LogP contribution in [0.2, 0.25) is 0 Å². The Bertz CT molecular complexity index is 804. The average Bonchev–Trinajstić information content (AvgIpc) is 3.14. The van der Waals surface area contributed by atoms with Crippen LogP contribution in [-0.2, 0) is 0 Å². The number of piperidine rings is 1. The van der Waals surface area contributed by atoms with Crippen LogP contribution in [-0.4, -0.2) is 46.5 Å². The number of amides is 2. The lowest BCUT2D eigenvalue weighted by Gasteiger charge is -2.31. The number of carbonyl (C=O) groups excluding carboxylic acids is 2. The van der Waals surface area contributed by atoms with Gasteiger partial charge in [-0.25, -0.2) is 0 Å². The van der Waals surface area contributed by atoms with Gasteiger partial charge in [-0.15, -0.1) is 0 Å². The van der Waals surface area contributed by atoms with Crippen molar-refractivity contribution in [2.75, 3.05) is 19.6 Å². The third-order valence-electron chi connectivity index (χ3n) is 4.36. The van der Waals surface area contributed by atoms with Gasteiger partial charge in [-0.05, 0) is 31.7 Å². The van der Waals surface area contributed by atoms with E-state index in [1.54, 1.807) is 17.9 Å². The van der Waals surface area contributed by atoms with Crippen LogP contribution in [0.5, 0.6) is 0 Å². The first-order chi connectivity index (χ1) is 12.0. The van der Waals surface area contributed by atoms with E-state index in [-0.39, 0.29) is 22.9 Å². The third-order valence-corrected chi connectivity index (χ3v) is 4.36. The molecule has 2 amide bonds. The molecule has 0 radical (unpaired) electrons. The fourth-order valence-electron chi connectivity index (χ4n) is 2.87. The summed E-state index contributed by atoms with van der Waals surface area (Å²) < 4.78 is 4.89. The first kappa shape index (κ1) is 16.9. The molecule has 0 atom stereocenters. The molecule has 8 heteroatoms. The lowest BCUT2D eigenvalue weighted by Crippen LogP contribution is -2.43. The summed E-state index contributed by atoms with van der Waals surface area (Å²) in [7, 11) is 0. The Morgan fingerprint density at radius 3 is 2.80 bits per heavy atom. The van der Waals surface area contributed by atoms with Gasteiger partial charge >= 0.3 is 0 Å². The second-order valence-electron chi connectivity index (χ2n) is 6.22. The summed E-state index contributed by atoms with van der Waals surface area (Å²) >= 11 is 0. The Kier molecular flexibility index (Phi) is 4.97. The molecule has 0 bridgehead atoms. The van der Waals surface area contributed by atoms with E-state index >= 15 is 0 Å². The van der Waals surface area contributed by atoms with Crippen LogP contribution in [0.15, 0.2) is 33.9 Å². The summed E-state index contributed by atoms with van der Waals surface area (Å²) in [6, 6.07) is 2.99. The summed E-state index contributed by atoms with van der Waals surface area (Å²) in [6.45, 7) is 3.35. The molecule has 132 valence electrons. The minimum absolute atomic E-state index is 0.0719. The molecule has 2 aromatic heterocycles. The number of furan rings is 1. The number of aryl methyl sites for hydroxylation is 1. The van der Waals surface area contributed by atoms with E-state index in [4.69, 9.17) is 4.42 Å². The zero-order chi connectivity index (χ0) is 17.8. The van der Waals surface area contributed by atoms with Crippen molar-refractivity contribution < 1.29 is 14.0 Å². The molecule has 25 heavy (non-hydrogen) atoms. The standard InChI is InChI=1S/C17H20N4O4/c1-11-8-14(22)15(20-19-11)17(24)21-5-2-12(3-6-21)9-18-16(23)13-4-7-25-10-13/h4,7-8,10,12H,2-3,5-6,9H2,1H3,(H,18,23)(H,19,22). The first-order valence-corrected chi connectivity index (χ1v) is 8.20. The monoisotopic (exact) mass is 344 g/mol. The largest absolute Gasteiger partial charge is 0.472 e. The maximum absolute atomic E-state index is 12.4. The van der Waals surface area contributed by atoms with Crippen LogP contribution < -0.4 is 10.7 Å². The van der Waals surface area contributed by atoms with Crippen LogP contribution >= 0.6 is 0 Å². The minimum Gasteiger partial charge on any atom is -0.472 e. The van der Waals surface area contributed by atoms with Crippen molar-refractivity contribution in [2.45, 2.75) is 19.8 Å². The van der Waals surface area contributed by atoms with Crippen molar-refractivity contribution in [3.05, 3.63) is 51.8 Å². The van der Waals surface area contributed by atoms with E-state index < -0.39 is 0 Å². The maximum Gasteiger partial charge on any atom is 0.278 e. The topological polar surface area (TPSA) is 108 Å². The second-order valence-corrected chi connectivity index (χ2v) is 6.22. The van der Waals surface area contributed by atoms with E-state index in [2.05, 4.69) is 15.5 Å². The van der Waals surface area contributed by atoms with E-state index in [9.17, 15) is 14.4 Å². The van der Waals surface area contributed by atoms with Crippen molar-refractivity contribution >= 4 is 11.8 Å². The predicted molar refractivity (Wildman–Crippen MR) is 89.3 cm³/mol. The number of hydrogen-bond donors (Lipinski definition) is 2. The molecule has 1 fully saturated rings. The van der Waals surface area contributed by atoms with Gasteiger partial charge in [-0.1, -0.05) is 0 Å². The van der Waals surface area contributed by atoms with Gasteiger partial charge < -0.3 is 14.6 Å². The highest BCUT2D eigenvalue weighted by molar-refractivity contribution is 5.93. The third kappa shape index (κ3) is 3.96. The Morgan fingerprint density at radius 2 is 2.16 bits per heavy atom. The second kappa shape index (κ2) is 7.33. The summed E-state index contributed by atoms with van der Waals surface area (Å²) in [5, 5.41) is 9.40. The summed E-state index contributed by atoms with van der Waals surface area (Å²) in [4.78, 5) is 37.8. The minimum atomic E-state index is -0.365. The Hall–Kier alpha value is -2.90. The van der Waals surface area contributed by atoms with E-state index in [0.29, 0.717) is 36.8 Å². The maximum atomic E-state index is 12.4. The normalized spacial score (nSPS) is 15.2. The first-order valence-electron chi connectivity index (χ1n) is 8.20. The number of rotatable bonds is 4. The van der Waals surface area contributed by atoms with Crippen molar-refractivity contribution in [2.24, 2.45) is 5.92 Å². The quantitative estimate of drug-likeness (QED) is 0.858. The van der Waals surface area contributed by atoms with E-state index in [1.807, 2.05) is 0 Å². The zero-order valence-corrected chi connectivity index (χ0v) is 13.9. The van der Waals surface area contributed by atoms with E-state index in [0.717, 1.165) is 12.8 Å². The molecular formula is C17H20N4O4. The van der Waals surface area contributed by atoms with Crippen LogP contribution in [0.25, 0.3) is 0 Å². The Morgan fingerprint density at radius 1 is 1.40 bits per heavy atom. The molecule has 0 spiro atoms. The Balaban J connectivity index is 1.50. The van der Waals surface area contributed by atoms with Gasteiger partial charge in [-0.2, -0.15) is 5.10 Å². The summed E-state index contributed by atoms with van der Waals surface area (Å²) in [5.41, 5.74) is 0.680.